The van der Waals surface area contributed by atoms with Gasteiger partial charge in [0.15, 0.2) is 0 Å². The topological polar surface area (TPSA) is 37.4 Å². The van der Waals surface area contributed by atoms with Gasteiger partial charge in [0, 0.05) is 13.1 Å². The molecule has 0 amide bonds. The first-order chi connectivity index (χ1) is 9.62. The molecule has 20 heavy (non-hydrogen) atoms. The second kappa shape index (κ2) is 7.02. The van der Waals surface area contributed by atoms with E-state index >= 15 is 0 Å². The van der Waals surface area contributed by atoms with Gasteiger partial charge in [0.05, 0.1) is 0 Å². The maximum atomic E-state index is 12.2. The summed E-state index contributed by atoms with van der Waals surface area (Å²) in [6, 6.07) is 19.2. The van der Waals surface area contributed by atoms with Gasteiger partial charge in [-0.15, -0.1) is 0 Å². The number of halogens is 1. The van der Waals surface area contributed by atoms with Crippen molar-refractivity contribution in [2.45, 2.75) is 13.1 Å². The van der Waals surface area contributed by atoms with Crippen LogP contribution in [-0.4, -0.2) is 17.4 Å². The van der Waals surface area contributed by atoms with Crippen molar-refractivity contribution in [1.29, 1.82) is 0 Å². The van der Waals surface area contributed by atoms with E-state index in [0.717, 1.165) is 11.1 Å². The molecule has 0 atom stereocenters. The van der Waals surface area contributed by atoms with Crippen LogP contribution in [0.3, 0.4) is 0 Å². The molecule has 0 saturated carbocycles. The van der Waals surface area contributed by atoms with Gasteiger partial charge >= 0.3 is 0 Å². The minimum atomic E-state index is -3.31. The summed E-state index contributed by atoms with van der Waals surface area (Å²) in [4.78, 5) is 0. The number of hydrogen-bond acceptors (Lipinski definition) is 2. The van der Waals surface area contributed by atoms with E-state index in [-0.39, 0.29) is 4.66 Å². The number of sulfonamides is 1. The van der Waals surface area contributed by atoms with Gasteiger partial charge in [-0.25, -0.2) is 8.42 Å². The van der Waals surface area contributed by atoms with E-state index in [9.17, 15) is 8.42 Å². The predicted octanol–water partition coefficient (Wildman–Crippen LogP) is 3.37. The summed E-state index contributed by atoms with van der Waals surface area (Å²) >= 11 is 3.07. The van der Waals surface area contributed by atoms with Gasteiger partial charge in [-0.3, -0.25) is 0 Å². The Hall–Kier alpha value is -1.17. The minimum Gasteiger partial charge on any atom is -0.211 e. The Morgan fingerprint density at radius 1 is 0.800 bits per heavy atom. The van der Waals surface area contributed by atoms with Gasteiger partial charge in [-0.1, -0.05) is 76.6 Å². The molecule has 0 aromatic heterocycles. The minimum absolute atomic E-state index is 0.0698. The van der Waals surface area contributed by atoms with E-state index in [1.54, 1.807) is 0 Å². The number of nitrogens with zero attached hydrogens (tertiary/aromatic N) is 1. The molecular weight excluding hydrogens is 338 g/mol. The van der Waals surface area contributed by atoms with Crippen molar-refractivity contribution >= 4 is 26.0 Å². The molecule has 0 N–H and O–H groups in total. The Kier molecular flexibility index (Phi) is 5.34. The highest BCUT2D eigenvalue weighted by Gasteiger charge is 2.21. The fourth-order valence-corrected chi connectivity index (χ4v) is 3.59. The van der Waals surface area contributed by atoms with Crippen LogP contribution in [0.5, 0.6) is 0 Å². The number of hydrogen-bond donors (Lipinski definition) is 0. The van der Waals surface area contributed by atoms with Gasteiger partial charge in [0.2, 0.25) is 10.0 Å². The first-order valence-corrected chi connectivity index (χ1v) is 8.96. The van der Waals surface area contributed by atoms with E-state index in [1.165, 1.54) is 4.31 Å². The SMILES string of the molecule is O=S(=O)(CBr)N(Cc1ccccc1)Cc1ccccc1. The molecule has 2 aromatic carbocycles. The lowest BCUT2D eigenvalue weighted by atomic mass is 10.2. The Bertz CT molecular complexity index is 588. The van der Waals surface area contributed by atoms with Gasteiger partial charge in [0.25, 0.3) is 0 Å². The van der Waals surface area contributed by atoms with Crippen molar-refractivity contribution in [2.24, 2.45) is 0 Å². The Morgan fingerprint density at radius 2 is 1.20 bits per heavy atom. The molecule has 2 aromatic rings. The third kappa shape index (κ3) is 4.16. The van der Waals surface area contributed by atoms with Crippen LogP contribution < -0.4 is 0 Å². The van der Waals surface area contributed by atoms with E-state index < -0.39 is 10.0 Å². The second-order valence-electron chi connectivity index (χ2n) is 4.46. The zero-order valence-corrected chi connectivity index (χ0v) is 13.3. The highest BCUT2D eigenvalue weighted by molar-refractivity contribution is 9.10. The fourth-order valence-electron chi connectivity index (χ4n) is 1.90. The zero-order chi connectivity index (χ0) is 14.4. The first kappa shape index (κ1) is 15.2. The molecule has 106 valence electrons. The summed E-state index contributed by atoms with van der Waals surface area (Å²) in [5, 5.41) is 0. The summed E-state index contributed by atoms with van der Waals surface area (Å²) < 4.78 is 25.8. The van der Waals surface area contributed by atoms with Gasteiger partial charge in [0.1, 0.15) is 4.66 Å². The average molecular weight is 354 g/mol. The lowest BCUT2D eigenvalue weighted by Gasteiger charge is -2.21. The molecule has 0 bridgehead atoms. The van der Waals surface area contributed by atoms with E-state index in [1.807, 2.05) is 60.7 Å². The van der Waals surface area contributed by atoms with Crippen LogP contribution in [-0.2, 0) is 23.1 Å². The smallest absolute Gasteiger partial charge is 0.211 e. The Morgan fingerprint density at radius 3 is 1.55 bits per heavy atom. The lowest BCUT2D eigenvalue weighted by Crippen LogP contribution is -2.30. The summed E-state index contributed by atoms with van der Waals surface area (Å²) in [5.41, 5.74) is 1.96. The monoisotopic (exact) mass is 353 g/mol. The summed E-state index contributed by atoms with van der Waals surface area (Å²) in [6.07, 6.45) is 0. The summed E-state index contributed by atoms with van der Waals surface area (Å²) in [6.45, 7) is 0.757. The van der Waals surface area contributed by atoms with Gasteiger partial charge in [-0.05, 0) is 11.1 Å². The molecule has 0 radical (unpaired) electrons. The molecule has 0 aliphatic rings. The maximum Gasteiger partial charge on any atom is 0.224 e. The van der Waals surface area contributed by atoms with Crippen LogP contribution in [0.15, 0.2) is 60.7 Å². The van der Waals surface area contributed by atoms with Crippen molar-refractivity contribution in [1.82, 2.24) is 4.31 Å². The highest BCUT2D eigenvalue weighted by Crippen LogP contribution is 2.15. The van der Waals surface area contributed by atoms with Crippen molar-refractivity contribution in [3.05, 3.63) is 71.8 Å². The lowest BCUT2D eigenvalue weighted by molar-refractivity contribution is 0.404. The van der Waals surface area contributed by atoms with E-state index in [4.69, 9.17) is 0 Å². The van der Waals surface area contributed by atoms with Crippen molar-refractivity contribution in [2.75, 3.05) is 4.66 Å². The van der Waals surface area contributed by atoms with E-state index in [2.05, 4.69) is 15.9 Å². The third-order valence-electron chi connectivity index (χ3n) is 2.93. The molecule has 0 aliphatic carbocycles. The molecule has 0 heterocycles. The molecule has 3 nitrogen and oxygen atoms in total. The van der Waals surface area contributed by atoms with E-state index in [0.29, 0.717) is 13.1 Å². The molecular formula is C15H16BrNO2S. The van der Waals surface area contributed by atoms with Crippen molar-refractivity contribution in [3.63, 3.8) is 0 Å². The van der Waals surface area contributed by atoms with Gasteiger partial charge < -0.3 is 0 Å². The second-order valence-corrected chi connectivity index (χ2v) is 7.73. The van der Waals surface area contributed by atoms with Gasteiger partial charge in [-0.2, -0.15) is 4.31 Å². The maximum absolute atomic E-state index is 12.2. The van der Waals surface area contributed by atoms with Crippen LogP contribution in [0.2, 0.25) is 0 Å². The van der Waals surface area contributed by atoms with Crippen LogP contribution in [0.1, 0.15) is 11.1 Å². The Labute approximate surface area is 128 Å². The number of rotatable bonds is 6. The summed E-state index contributed by atoms with van der Waals surface area (Å²) in [5.74, 6) is 0. The highest BCUT2D eigenvalue weighted by atomic mass is 79.9. The molecule has 2 rings (SSSR count). The average Bonchev–Trinajstić information content (AvgIpc) is 2.49. The first-order valence-electron chi connectivity index (χ1n) is 6.23. The van der Waals surface area contributed by atoms with Crippen molar-refractivity contribution in [3.8, 4) is 0 Å². The predicted molar refractivity (Wildman–Crippen MR) is 84.8 cm³/mol. The van der Waals surface area contributed by atoms with Crippen molar-refractivity contribution < 1.29 is 8.42 Å². The molecule has 0 unspecified atom stereocenters. The third-order valence-corrected chi connectivity index (χ3v) is 5.99. The quantitative estimate of drug-likeness (QED) is 0.746. The zero-order valence-electron chi connectivity index (χ0n) is 10.9. The largest absolute Gasteiger partial charge is 0.224 e. The number of benzene rings is 2. The normalized spacial score (nSPS) is 11.7. The molecule has 0 aliphatic heterocycles. The van der Waals surface area contributed by atoms with Crippen LogP contribution >= 0.6 is 15.9 Å². The standard InChI is InChI=1S/C15H16BrNO2S/c16-13-20(18,19)17(11-14-7-3-1-4-8-14)12-15-9-5-2-6-10-15/h1-10H,11-13H2. The summed E-state index contributed by atoms with van der Waals surface area (Å²) in [7, 11) is -3.31. The molecule has 0 spiro atoms. The fraction of sp³-hybridized carbons (Fsp3) is 0.200. The van der Waals surface area contributed by atoms with Crippen LogP contribution in [0.4, 0.5) is 0 Å². The molecule has 5 heteroatoms. The molecule has 0 fully saturated rings. The molecule has 0 saturated heterocycles. The van der Waals surface area contributed by atoms with Crippen LogP contribution in [0, 0.1) is 0 Å². The number of alkyl halides is 1. The Balaban J connectivity index is 2.22. The van der Waals surface area contributed by atoms with Crippen LogP contribution in [0.25, 0.3) is 0 Å².